The van der Waals surface area contributed by atoms with E-state index in [1.807, 2.05) is 17.9 Å². The van der Waals surface area contributed by atoms with Crippen LogP contribution in [0.15, 0.2) is 6.07 Å². The lowest BCUT2D eigenvalue weighted by atomic mass is 10.1. The predicted octanol–water partition coefficient (Wildman–Crippen LogP) is 2.25. The summed E-state index contributed by atoms with van der Waals surface area (Å²) in [6.07, 6.45) is 2.03. The summed E-state index contributed by atoms with van der Waals surface area (Å²) < 4.78 is 2.22. The minimum atomic E-state index is 0.131. The molecule has 0 radical (unpaired) electrons. The van der Waals surface area contributed by atoms with Gasteiger partial charge < -0.3 is 15.2 Å². The van der Waals surface area contributed by atoms with Crippen molar-refractivity contribution in [3.05, 3.63) is 23.0 Å². The van der Waals surface area contributed by atoms with Gasteiger partial charge in [0, 0.05) is 36.6 Å². The zero-order chi connectivity index (χ0) is 14.2. The molecule has 106 valence electrons. The highest BCUT2D eigenvalue weighted by Gasteiger charge is 2.25. The maximum absolute atomic E-state index is 12.6. The van der Waals surface area contributed by atoms with E-state index >= 15 is 0 Å². The number of amides is 1. The van der Waals surface area contributed by atoms with E-state index in [0.717, 1.165) is 36.3 Å². The zero-order valence-corrected chi connectivity index (χ0v) is 12.4. The summed E-state index contributed by atoms with van der Waals surface area (Å²) in [5.74, 6) is 0.134. The summed E-state index contributed by atoms with van der Waals surface area (Å²) in [5, 5.41) is 0. The first-order valence-corrected chi connectivity index (χ1v) is 7.15. The van der Waals surface area contributed by atoms with Crippen LogP contribution in [-0.4, -0.2) is 34.5 Å². The summed E-state index contributed by atoms with van der Waals surface area (Å²) in [6, 6.07) is 2.52. The first-order chi connectivity index (χ1) is 8.91. The van der Waals surface area contributed by atoms with Crippen LogP contribution in [0.2, 0.25) is 0 Å². The van der Waals surface area contributed by atoms with Gasteiger partial charge in [0.15, 0.2) is 0 Å². The average molecular weight is 263 g/mol. The van der Waals surface area contributed by atoms with Gasteiger partial charge in [-0.1, -0.05) is 0 Å². The van der Waals surface area contributed by atoms with Crippen LogP contribution in [0.25, 0.3) is 0 Å². The molecule has 1 saturated heterocycles. The Morgan fingerprint density at radius 1 is 1.42 bits per heavy atom. The van der Waals surface area contributed by atoms with Crippen molar-refractivity contribution in [2.75, 3.05) is 13.1 Å². The molecule has 1 atom stereocenters. The molecule has 1 amide bonds. The van der Waals surface area contributed by atoms with E-state index in [9.17, 15) is 4.79 Å². The van der Waals surface area contributed by atoms with Crippen molar-refractivity contribution in [1.82, 2.24) is 9.47 Å². The maximum Gasteiger partial charge on any atom is 0.255 e. The highest BCUT2D eigenvalue weighted by atomic mass is 16.2. The third-order valence-corrected chi connectivity index (χ3v) is 3.98. The topological polar surface area (TPSA) is 51.3 Å². The summed E-state index contributed by atoms with van der Waals surface area (Å²) in [4.78, 5) is 14.5. The molecule has 0 saturated carbocycles. The quantitative estimate of drug-likeness (QED) is 0.889. The molecule has 19 heavy (non-hydrogen) atoms. The second-order valence-corrected chi connectivity index (χ2v) is 5.90. The van der Waals surface area contributed by atoms with Crippen molar-refractivity contribution in [2.24, 2.45) is 5.73 Å². The van der Waals surface area contributed by atoms with E-state index in [-0.39, 0.29) is 11.9 Å². The fourth-order valence-corrected chi connectivity index (χ4v) is 3.15. The first-order valence-electron chi connectivity index (χ1n) is 7.15. The molecule has 2 rings (SSSR count). The first kappa shape index (κ1) is 14.1. The Bertz CT molecular complexity index is 476. The third kappa shape index (κ3) is 2.68. The minimum Gasteiger partial charge on any atom is -0.346 e. The summed E-state index contributed by atoms with van der Waals surface area (Å²) in [7, 11) is 0. The molecular weight excluding hydrogens is 238 g/mol. The molecule has 0 aliphatic carbocycles. The van der Waals surface area contributed by atoms with Crippen LogP contribution in [0, 0.1) is 13.8 Å². The molecule has 0 unspecified atom stereocenters. The average Bonchev–Trinajstić information content (AvgIpc) is 2.63. The molecule has 4 heteroatoms. The van der Waals surface area contributed by atoms with Gasteiger partial charge in [-0.25, -0.2) is 0 Å². The van der Waals surface area contributed by atoms with Crippen LogP contribution in [0.5, 0.6) is 0 Å². The number of carbonyl (C=O) groups is 1. The smallest absolute Gasteiger partial charge is 0.255 e. The Hall–Kier alpha value is -1.29. The van der Waals surface area contributed by atoms with Crippen LogP contribution in [0.1, 0.15) is 54.5 Å². The molecule has 1 aromatic rings. The summed E-state index contributed by atoms with van der Waals surface area (Å²) in [6.45, 7) is 9.90. The van der Waals surface area contributed by atoms with Gasteiger partial charge in [-0.15, -0.1) is 0 Å². The lowest BCUT2D eigenvalue weighted by molar-refractivity contribution is 0.0708. The number of rotatable bonds is 2. The summed E-state index contributed by atoms with van der Waals surface area (Å²) >= 11 is 0. The number of aryl methyl sites for hydroxylation is 1. The Morgan fingerprint density at radius 2 is 2.11 bits per heavy atom. The number of piperidine rings is 1. The Kier molecular flexibility index (Phi) is 3.99. The van der Waals surface area contributed by atoms with Crippen LogP contribution < -0.4 is 5.73 Å². The second-order valence-electron chi connectivity index (χ2n) is 5.90. The predicted molar refractivity (Wildman–Crippen MR) is 77.4 cm³/mol. The van der Waals surface area contributed by atoms with Crippen molar-refractivity contribution in [1.29, 1.82) is 0 Å². The van der Waals surface area contributed by atoms with E-state index in [1.54, 1.807) is 0 Å². The van der Waals surface area contributed by atoms with Gasteiger partial charge in [0.25, 0.3) is 5.91 Å². The van der Waals surface area contributed by atoms with E-state index < -0.39 is 0 Å². The number of nitrogens with two attached hydrogens (primary N) is 1. The van der Waals surface area contributed by atoms with Crippen molar-refractivity contribution in [2.45, 2.75) is 52.6 Å². The molecule has 1 aliphatic heterocycles. The molecular formula is C15H25N3O. The fraction of sp³-hybridized carbons (Fsp3) is 0.667. The fourth-order valence-electron chi connectivity index (χ4n) is 3.15. The van der Waals surface area contributed by atoms with Crippen molar-refractivity contribution >= 4 is 5.91 Å². The zero-order valence-electron chi connectivity index (χ0n) is 12.4. The maximum atomic E-state index is 12.6. The molecule has 4 nitrogen and oxygen atoms in total. The number of likely N-dealkylation sites (tertiary alicyclic amines) is 1. The molecule has 1 aromatic heterocycles. The van der Waals surface area contributed by atoms with E-state index in [0.29, 0.717) is 12.6 Å². The Morgan fingerprint density at radius 3 is 2.63 bits per heavy atom. The minimum absolute atomic E-state index is 0.131. The molecule has 1 fully saturated rings. The van der Waals surface area contributed by atoms with Crippen molar-refractivity contribution in [3.8, 4) is 0 Å². The Labute approximate surface area is 115 Å². The van der Waals surface area contributed by atoms with Crippen molar-refractivity contribution < 1.29 is 4.79 Å². The van der Waals surface area contributed by atoms with Gasteiger partial charge in [0.1, 0.15) is 0 Å². The Balaban J connectivity index is 2.27. The molecule has 1 aliphatic rings. The van der Waals surface area contributed by atoms with Crippen LogP contribution >= 0.6 is 0 Å². The SMILES string of the molecule is Cc1cc(C(=O)N2CCC[C@H](N)C2)c(C)n1C(C)C. The normalized spacial score (nSPS) is 20.1. The molecule has 2 heterocycles. The van der Waals surface area contributed by atoms with Gasteiger partial charge in [0.2, 0.25) is 0 Å². The van der Waals surface area contributed by atoms with E-state index in [2.05, 4.69) is 25.3 Å². The largest absolute Gasteiger partial charge is 0.346 e. The monoisotopic (exact) mass is 263 g/mol. The van der Waals surface area contributed by atoms with Gasteiger partial charge in [-0.3, -0.25) is 4.79 Å². The lowest BCUT2D eigenvalue weighted by Gasteiger charge is -2.30. The molecule has 2 N–H and O–H groups in total. The molecule has 0 aromatic carbocycles. The van der Waals surface area contributed by atoms with Crippen molar-refractivity contribution in [3.63, 3.8) is 0 Å². The van der Waals surface area contributed by atoms with Crippen LogP contribution in [-0.2, 0) is 0 Å². The third-order valence-electron chi connectivity index (χ3n) is 3.98. The summed E-state index contributed by atoms with van der Waals surface area (Å²) in [5.41, 5.74) is 9.01. The van der Waals surface area contributed by atoms with E-state index in [4.69, 9.17) is 5.73 Å². The highest BCUT2D eigenvalue weighted by molar-refractivity contribution is 5.95. The standard InChI is InChI=1S/C15H25N3O/c1-10(2)18-11(3)8-14(12(18)4)15(19)17-7-5-6-13(16)9-17/h8,10,13H,5-7,9,16H2,1-4H3/t13-/m0/s1. The van der Waals surface area contributed by atoms with E-state index in [1.165, 1.54) is 0 Å². The lowest BCUT2D eigenvalue weighted by Crippen LogP contribution is -2.45. The second kappa shape index (κ2) is 5.37. The van der Waals surface area contributed by atoms with Gasteiger partial charge in [-0.2, -0.15) is 0 Å². The molecule has 0 bridgehead atoms. The van der Waals surface area contributed by atoms with Gasteiger partial charge >= 0.3 is 0 Å². The number of hydrogen-bond acceptors (Lipinski definition) is 2. The number of nitrogens with zero attached hydrogens (tertiary/aromatic N) is 2. The van der Waals surface area contributed by atoms with Crippen LogP contribution in [0.3, 0.4) is 0 Å². The number of hydrogen-bond donors (Lipinski definition) is 1. The number of carbonyl (C=O) groups excluding carboxylic acids is 1. The van der Waals surface area contributed by atoms with Gasteiger partial charge in [-0.05, 0) is 46.6 Å². The molecule has 0 spiro atoms. The number of aromatic nitrogens is 1. The van der Waals surface area contributed by atoms with Crippen LogP contribution in [0.4, 0.5) is 0 Å². The van der Waals surface area contributed by atoms with Gasteiger partial charge in [0.05, 0.1) is 5.56 Å². The highest BCUT2D eigenvalue weighted by Crippen LogP contribution is 2.22.